The van der Waals surface area contributed by atoms with Gasteiger partial charge >= 0.3 is 0 Å². The average Bonchev–Trinajstić information content (AvgIpc) is 3.10. The van der Waals surface area contributed by atoms with Gasteiger partial charge in [-0.15, -0.1) is 11.3 Å². The highest BCUT2D eigenvalue weighted by Crippen LogP contribution is 2.23. The highest BCUT2D eigenvalue weighted by molar-refractivity contribution is 7.14. The first-order chi connectivity index (χ1) is 12.9. The molecule has 0 radical (unpaired) electrons. The SMILES string of the molecule is CN(Cc1cccnc1)C(=O)c1csc(NC(=O)c2ccc(Cl)cc2Cl)n1. The molecule has 0 fully saturated rings. The Morgan fingerprint density at radius 3 is 2.78 bits per heavy atom. The zero-order valence-electron chi connectivity index (χ0n) is 14.1. The highest BCUT2D eigenvalue weighted by atomic mass is 35.5. The second-order valence-electron chi connectivity index (χ2n) is 5.64. The lowest BCUT2D eigenvalue weighted by molar-refractivity contribution is 0.0779. The lowest BCUT2D eigenvalue weighted by Gasteiger charge is -2.15. The molecule has 6 nitrogen and oxygen atoms in total. The zero-order chi connectivity index (χ0) is 19.4. The zero-order valence-corrected chi connectivity index (χ0v) is 16.5. The number of carbonyl (C=O) groups is 2. The number of nitrogens with one attached hydrogen (secondary N) is 1. The Kier molecular flexibility index (Phi) is 6.05. The van der Waals surface area contributed by atoms with Crippen LogP contribution in [0.4, 0.5) is 5.13 Å². The quantitative estimate of drug-likeness (QED) is 0.664. The maximum Gasteiger partial charge on any atom is 0.273 e. The standard InChI is InChI=1S/C18H14Cl2N4O2S/c1-24(9-11-3-2-6-21-8-11)17(26)15-10-27-18(22-15)23-16(25)13-5-4-12(19)7-14(13)20/h2-8,10H,9H2,1H3,(H,22,23,25). The minimum atomic E-state index is -0.422. The molecule has 0 bridgehead atoms. The normalized spacial score (nSPS) is 10.5. The highest BCUT2D eigenvalue weighted by Gasteiger charge is 2.18. The Labute approximate surface area is 169 Å². The average molecular weight is 421 g/mol. The summed E-state index contributed by atoms with van der Waals surface area (Å²) in [6, 6.07) is 8.29. The van der Waals surface area contributed by atoms with Gasteiger partial charge in [0.05, 0.1) is 10.6 Å². The van der Waals surface area contributed by atoms with Gasteiger partial charge in [-0.2, -0.15) is 0 Å². The second-order valence-corrected chi connectivity index (χ2v) is 7.34. The third-order valence-electron chi connectivity index (χ3n) is 3.61. The Balaban J connectivity index is 1.67. The molecule has 0 aliphatic carbocycles. The topological polar surface area (TPSA) is 75.2 Å². The molecule has 0 saturated carbocycles. The van der Waals surface area contributed by atoms with Crippen LogP contribution in [0, 0.1) is 0 Å². The molecule has 138 valence electrons. The van der Waals surface area contributed by atoms with Gasteiger partial charge in [-0.25, -0.2) is 4.98 Å². The van der Waals surface area contributed by atoms with Crippen molar-refractivity contribution in [2.75, 3.05) is 12.4 Å². The number of pyridine rings is 1. The number of hydrogen-bond acceptors (Lipinski definition) is 5. The number of anilines is 1. The van der Waals surface area contributed by atoms with E-state index in [0.29, 0.717) is 16.7 Å². The van der Waals surface area contributed by atoms with Crippen LogP contribution in [0.15, 0.2) is 48.1 Å². The molecule has 27 heavy (non-hydrogen) atoms. The fourth-order valence-electron chi connectivity index (χ4n) is 2.30. The molecule has 3 aromatic rings. The van der Waals surface area contributed by atoms with E-state index in [1.165, 1.54) is 17.0 Å². The van der Waals surface area contributed by atoms with Crippen LogP contribution in [0.3, 0.4) is 0 Å². The molecular formula is C18H14Cl2N4O2S. The van der Waals surface area contributed by atoms with E-state index in [9.17, 15) is 9.59 Å². The number of thiazole rings is 1. The van der Waals surface area contributed by atoms with Crippen molar-refractivity contribution in [2.45, 2.75) is 6.54 Å². The van der Waals surface area contributed by atoms with Crippen LogP contribution in [0.5, 0.6) is 0 Å². The number of rotatable bonds is 5. The smallest absolute Gasteiger partial charge is 0.273 e. The lowest BCUT2D eigenvalue weighted by Crippen LogP contribution is -2.26. The van der Waals surface area contributed by atoms with Crippen LogP contribution in [0.2, 0.25) is 10.0 Å². The summed E-state index contributed by atoms with van der Waals surface area (Å²) in [5.41, 5.74) is 1.44. The minimum Gasteiger partial charge on any atom is -0.336 e. The summed E-state index contributed by atoms with van der Waals surface area (Å²) in [7, 11) is 1.68. The fraction of sp³-hybridized carbons (Fsp3) is 0.111. The number of halogens is 2. The van der Waals surface area contributed by atoms with Crippen molar-refractivity contribution in [3.8, 4) is 0 Å². The third-order valence-corrected chi connectivity index (χ3v) is 4.91. The van der Waals surface area contributed by atoms with E-state index < -0.39 is 5.91 Å². The molecule has 1 N–H and O–H groups in total. The molecule has 2 amide bonds. The Bertz CT molecular complexity index is 979. The van der Waals surface area contributed by atoms with E-state index >= 15 is 0 Å². The van der Waals surface area contributed by atoms with Crippen LogP contribution in [0.25, 0.3) is 0 Å². The molecule has 2 heterocycles. The number of hydrogen-bond donors (Lipinski definition) is 1. The predicted octanol–water partition coefficient (Wildman–Crippen LogP) is 4.37. The molecule has 0 saturated heterocycles. The van der Waals surface area contributed by atoms with E-state index in [4.69, 9.17) is 23.2 Å². The first kappa shape index (κ1) is 19.3. The Hall–Kier alpha value is -2.48. The fourth-order valence-corrected chi connectivity index (χ4v) is 3.47. The van der Waals surface area contributed by atoms with Gasteiger partial charge in [0.25, 0.3) is 11.8 Å². The molecule has 3 rings (SSSR count). The molecule has 9 heteroatoms. The van der Waals surface area contributed by atoms with E-state index in [0.717, 1.165) is 16.9 Å². The first-order valence-electron chi connectivity index (χ1n) is 7.80. The van der Waals surface area contributed by atoms with Gasteiger partial charge < -0.3 is 4.90 Å². The number of amides is 2. The molecule has 0 aliphatic rings. The van der Waals surface area contributed by atoms with Crippen molar-refractivity contribution in [1.29, 1.82) is 0 Å². The summed E-state index contributed by atoms with van der Waals surface area (Å²) >= 11 is 13.0. The van der Waals surface area contributed by atoms with Gasteiger partial charge in [-0.3, -0.25) is 19.9 Å². The molecule has 2 aromatic heterocycles. The van der Waals surface area contributed by atoms with Gasteiger partial charge in [0.2, 0.25) is 0 Å². The summed E-state index contributed by atoms with van der Waals surface area (Å²) in [6.45, 7) is 0.409. The van der Waals surface area contributed by atoms with Gasteiger partial charge in [-0.1, -0.05) is 29.3 Å². The van der Waals surface area contributed by atoms with Gasteiger partial charge in [0, 0.05) is 36.4 Å². The molecule has 0 aliphatic heterocycles. The first-order valence-corrected chi connectivity index (χ1v) is 9.44. The lowest BCUT2D eigenvalue weighted by atomic mass is 10.2. The summed E-state index contributed by atoms with van der Waals surface area (Å²) in [6.07, 6.45) is 3.37. The van der Waals surface area contributed by atoms with E-state index in [1.54, 1.807) is 30.9 Å². The summed E-state index contributed by atoms with van der Waals surface area (Å²) in [5, 5.41) is 5.23. The van der Waals surface area contributed by atoms with Crippen LogP contribution in [-0.4, -0.2) is 33.7 Å². The van der Waals surface area contributed by atoms with Gasteiger partial charge in [0.15, 0.2) is 5.13 Å². The number of nitrogens with zero attached hydrogens (tertiary/aromatic N) is 3. The van der Waals surface area contributed by atoms with Crippen LogP contribution in [0.1, 0.15) is 26.4 Å². The van der Waals surface area contributed by atoms with Crippen molar-refractivity contribution in [3.05, 3.63) is 75.0 Å². The maximum absolute atomic E-state index is 12.5. The Morgan fingerprint density at radius 1 is 1.26 bits per heavy atom. The number of aromatic nitrogens is 2. The summed E-state index contributed by atoms with van der Waals surface area (Å²) in [4.78, 5) is 34.6. The van der Waals surface area contributed by atoms with Crippen molar-refractivity contribution in [2.24, 2.45) is 0 Å². The second kappa shape index (κ2) is 8.47. The van der Waals surface area contributed by atoms with E-state index in [-0.39, 0.29) is 22.2 Å². The van der Waals surface area contributed by atoms with Crippen LogP contribution < -0.4 is 5.32 Å². The van der Waals surface area contributed by atoms with Crippen molar-refractivity contribution < 1.29 is 9.59 Å². The molecule has 0 unspecified atom stereocenters. The van der Waals surface area contributed by atoms with Crippen molar-refractivity contribution in [3.63, 3.8) is 0 Å². The largest absolute Gasteiger partial charge is 0.336 e. The van der Waals surface area contributed by atoms with Gasteiger partial charge in [0.1, 0.15) is 5.69 Å². The molecule has 0 atom stereocenters. The van der Waals surface area contributed by atoms with Crippen molar-refractivity contribution in [1.82, 2.24) is 14.9 Å². The minimum absolute atomic E-state index is 0.240. The molecule has 1 aromatic carbocycles. The van der Waals surface area contributed by atoms with E-state index in [2.05, 4.69) is 15.3 Å². The third kappa shape index (κ3) is 4.82. The van der Waals surface area contributed by atoms with Crippen molar-refractivity contribution >= 4 is 51.5 Å². The summed E-state index contributed by atoms with van der Waals surface area (Å²) in [5.74, 6) is -0.672. The summed E-state index contributed by atoms with van der Waals surface area (Å²) < 4.78 is 0. The maximum atomic E-state index is 12.5. The van der Waals surface area contributed by atoms with Gasteiger partial charge in [-0.05, 0) is 29.8 Å². The van der Waals surface area contributed by atoms with E-state index in [1.807, 2.05) is 12.1 Å². The monoisotopic (exact) mass is 420 g/mol. The number of benzene rings is 1. The van der Waals surface area contributed by atoms with Crippen LogP contribution in [-0.2, 0) is 6.54 Å². The Morgan fingerprint density at radius 2 is 2.07 bits per heavy atom. The number of carbonyl (C=O) groups excluding carboxylic acids is 2. The predicted molar refractivity (Wildman–Crippen MR) is 107 cm³/mol. The molecular weight excluding hydrogens is 407 g/mol. The molecule has 0 spiro atoms. The van der Waals surface area contributed by atoms with Crippen LogP contribution >= 0.6 is 34.5 Å².